The van der Waals surface area contributed by atoms with Crippen molar-refractivity contribution in [3.63, 3.8) is 0 Å². The van der Waals surface area contributed by atoms with Crippen LogP contribution >= 0.6 is 0 Å². The number of aromatic carboxylic acids is 1. The van der Waals surface area contributed by atoms with Crippen LogP contribution in [0.2, 0.25) is 0 Å². The molecule has 0 heterocycles. The molecule has 92 valence electrons. The van der Waals surface area contributed by atoms with Crippen LogP contribution in [0, 0.1) is 11.7 Å². The molecule has 0 saturated heterocycles. The highest BCUT2D eigenvalue weighted by molar-refractivity contribution is 5.88. The highest BCUT2D eigenvalue weighted by Crippen LogP contribution is 2.29. The maximum Gasteiger partial charge on any atom is 0.338 e. The second kappa shape index (κ2) is 5.17. The SMILES string of the molecule is O=C(O)c1ccc(NCCC2CCC2)cc1F. The van der Waals surface area contributed by atoms with Crippen LogP contribution in [0.4, 0.5) is 10.1 Å². The number of hydrogen-bond acceptors (Lipinski definition) is 2. The molecule has 2 N–H and O–H groups in total. The third-order valence-corrected chi connectivity index (χ3v) is 3.31. The molecular formula is C13H16FNO2. The lowest BCUT2D eigenvalue weighted by atomic mass is 9.83. The molecule has 0 aliphatic heterocycles. The number of rotatable bonds is 5. The standard InChI is InChI=1S/C13H16FNO2/c14-12-8-10(4-5-11(12)13(16)17)15-7-6-9-2-1-3-9/h4-5,8-9,15H,1-3,6-7H2,(H,16,17). The van der Waals surface area contributed by atoms with Crippen LogP contribution in [-0.2, 0) is 0 Å². The van der Waals surface area contributed by atoms with Gasteiger partial charge in [0.05, 0.1) is 5.56 Å². The van der Waals surface area contributed by atoms with Crippen LogP contribution in [0.15, 0.2) is 18.2 Å². The summed E-state index contributed by atoms with van der Waals surface area (Å²) >= 11 is 0. The second-order valence-corrected chi connectivity index (χ2v) is 4.51. The summed E-state index contributed by atoms with van der Waals surface area (Å²) in [6.45, 7) is 0.816. The van der Waals surface area contributed by atoms with Gasteiger partial charge in [0.2, 0.25) is 0 Å². The van der Waals surface area contributed by atoms with Gasteiger partial charge in [-0.05, 0) is 30.5 Å². The van der Waals surface area contributed by atoms with Crippen LogP contribution in [0.5, 0.6) is 0 Å². The van der Waals surface area contributed by atoms with Gasteiger partial charge in [-0.2, -0.15) is 0 Å². The predicted molar refractivity (Wildman–Crippen MR) is 63.8 cm³/mol. The average molecular weight is 237 g/mol. The number of halogens is 1. The number of hydrogen-bond donors (Lipinski definition) is 2. The zero-order valence-electron chi connectivity index (χ0n) is 9.58. The Morgan fingerprint density at radius 1 is 1.47 bits per heavy atom. The van der Waals surface area contributed by atoms with Crippen molar-refractivity contribution in [1.29, 1.82) is 0 Å². The minimum Gasteiger partial charge on any atom is -0.478 e. The van der Waals surface area contributed by atoms with E-state index in [2.05, 4.69) is 5.32 Å². The lowest BCUT2D eigenvalue weighted by Crippen LogP contribution is -2.15. The zero-order chi connectivity index (χ0) is 12.3. The Hall–Kier alpha value is -1.58. The fourth-order valence-electron chi connectivity index (χ4n) is 2.00. The van der Waals surface area contributed by atoms with Gasteiger partial charge in [-0.1, -0.05) is 19.3 Å². The van der Waals surface area contributed by atoms with E-state index in [1.807, 2.05) is 0 Å². The summed E-state index contributed by atoms with van der Waals surface area (Å²) in [6, 6.07) is 4.14. The van der Waals surface area contributed by atoms with Crippen molar-refractivity contribution in [2.75, 3.05) is 11.9 Å². The van der Waals surface area contributed by atoms with E-state index < -0.39 is 11.8 Å². The summed E-state index contributed by atoms with van der Waals surface area (Å²) in [5.74, 6) is -1.11. The number of nitrogens with one attached hydrogen (secondary N) is 1. The Morgan fingerprint density at radius 3 is 2.76 bits per heavy atom. The molecule has 0 aromatic heterocycles. The van der Waals surface area contributed by atoms with E-state index in [0.717, 1.165) is 18.9 Å². The molecule has 0 bridgehead atoms. The van der Waals surface area contributed by atoms with Crippen molar-refractivity contribution in [1.82, 2.24) is 0 Å². The lowest BCUT2D eigenvalue weighted by molar-refractivity contribution is 0.0692. The molecule has 4 heteroatoms. The molecule has 17 heavy (non-hydrogen) atoms. The lowest BCUT2D eigenvalue weighted by Gasteiger charge is -2.25. The third kappa shape index (κ3) is 2.96. The molecule has 3 nitrogen and oxygen atoms in total. The second-order valence-electron chi connectivity index (χ2n) is 4.51. The number of carbonyl (C=O) groups is 1. The number of benzene rings is 1. The molecule has 2 rings (SSSR count). The van der Waals surface area contributed by atoms with Gasteiger partial charge < -0.3 is 10.4 Å². The minimum atomic E-state index is -1.23. The van der Waals surface area contributed by atoms with Gasteiger partial charge in [-0.15, -0.1) is 0 Å². The molecule has 0 atom stereocenters. The first kappa shape index (κ1) is 11.9. The van der Waals surface area contributed by atoms with Gasteiger partial charge in [0.1, 0.15) is 5.82 Å². The Kier molecular flexibility index (Phi) is 3.61. The smallest absolute Gasteiger partial charge is 0.338 e. The zero-order valence-corrected chi connectivity index (χ0v) is 9.58. The third-order valence-electron chi connectivity index (χ3n) is 3.31. The molecular weight excluding hydrogens is 221 g/mol. The van der Waals surface area contributed by atoms with Gasteiger partial charge in [0, 0.05) is 12.2 Å². The Bertz CT molecular complexity index is 416. The monoisotopic (exact) mass is 237 g/mol. The van der Waals surface area contributed by atoms with Gasteiger partial charge in [0.25, 0.3) is 0 Å². The maximum absolute atomic E-state index is 13.3. The quantitative estimate of drug-likeness (QED) is 0.827. The van der Waals surface area contributed by atoms with Gasteiger partial charge in [0.15, 0.2) is 0 Å². The molecule has 1 aromatic rings. The van der Waals surface area contributed by atoms with E-state index >= 15 is 0 Å². The summed E-state index contributed by atoms with van der Waals surface area (Å²) in [7, 11) is 0. The molecule has 1 aliphatic rings. The van der Waals surface area contributed by atoms with Crippen molar-refractivity contribution < 1.29 is 14.3 Å². The predicted octanol–water partition coefficient (Wildman–Crippen LogP) is 3.13. The fraction of sp³-hybridized carbons (Fsp3) is 0.462. The number of anilines is 1. The number of carboxylic acid groups (broad SMARTS) is 1. The van der Waals surface area contributed by atoms with Gasteiger partial charge in [-0.3, -0.25) is 0 Å². The average Bonchev–Trinajstić information content (AvgIpc) is 2.21. The van der Waals surface area contributed by atoms with Crippen molar-refractivity contribution in [3.8, 4) is 0 Å². The van der Waals surface area contributed by atoms with E-state index in [-0.39, 0.29) is 5.56 Å². The van der Waals surface area contributed by atoms with Crippen LogP contribution in [0.1, 0.15) is 36.0 Å². The first-order valence-electron chi connectivity index (χ1n) is 5.93. The fourth-order valence-corrected chi connectivity index (χ4v) is 2.00. The van der Waals surface area contributed by atoms with Crippen molar-refractivity contribution in [2.45, 2.75) is 25.7 Å². The Morgan fingerprint density at radius 2 is 2.24 bits per heavy atom. The van der Waals surface area contributed by atoms with Crippen LogP contribution < -0.4 is 5.32 Å². The van der Waals surface area contributed by atoms with E-state index in [9.17, 15) is 9.18 Å². The highest BCUT2D eigenvalue weighted by Gasteiger charge is 2.16. The molecule has 1 aliphatic carbocycles. The van der Waals surface area contributed by atoms with Crippen LogP contribution in [0.3, 0.4) is 0 Å². The summed E-state index contributed by atoms with van der Waals surface area (Å²) in [5, 5.41) is 11.8. The first-order valence-corrected chi connectivity index (χ1v) is 5.93. The Balaban J connectivity index is 1.88. The van der Waals surface area contributed by atoms with Crippen LogP contribution in [0.25, 0.3) is 0 Å². The van der Waals surface area contributed by atoms with Gasteiger partial charge in [-0.25, -0.2) is 9.18 Å². The van der Waals surface area contributed by atoms with Crippen molar-refractivity contribution >= 4 is 11.7 Å². The number of carboxylic acids is 1. The van der Waals surface area contributed by atoms with E-state index in [0.29, 0.717) is 5.69 Å². The summed E-state index contributed by atoms with van der Waals surface area (Å²) in [5.41, 5.74) is 0.362. The van der Waals surface area contributed by atoms with Crippen molar-refractivity contribution in [2.24, 2.45) is 5.92 Å². The summed E-state index contributed by atoms with van der Waals surface area (Å²) in [4.78, 5) is 10.6. The molecule has 1 fully saturated rings. The molecule has 0 spiro atoms. The van der Waals surface area contributed by atoms with E-state index in [1.165, 1.54) is 31.4 Å². The molecule has 1 aromatic carbocycles. The summed E-state index contributed by atoms with van der Waals surface area (Å²) < 4.78 is 13.3. The van der Waals surface area contributed by atoms with Gasteiger partial charge >= 0.3 is 5.97 Å². The Labute approximate surface area is 99.7 Å². The maximum atomic E-state index is 13.3. The molecule has 0 amide bonds. The highest BCUT2D eigenvalue weighted by atomic mass is 19.1. The van der Waals surface area contributed by atoms with Crippen molar-refractivity contribution in [3.05, 3.63) is 29.6 Å². The molecule has 1 saturated carbocycles. The van der Waals surface area contributed by atoms with Crippen LogP contribution in [-0.4, -0.2) is 17.6 Å². The first-order chi connectivity index (χ1) is 8.16. The molecule has 0 radical (unpaired) electrons. The van der Waals surface area contributed by atoms with E-state index in [4.69, 9.17) is 5.11 Å². The topological polar surface area (TPSA) is 49.3 Å². The molecule has 0 unspecified atom stereocenters. The summed E-state index contributed by atoms with van der Waals surface area (Å²) in [6.07, 6.45) is 5.02. The largest absolute Gasteiger partial charge is 0.478 e. The van der Waals surface area contributed by atoms with E-state index in [1.54, 1.807) is 6.07 Å². The normalized spacial score (nSPS) is 15.4. The minimum absolute atomic E-state index is 0.283.